The molecule has 10 heteroatoms. The van der Waals surface area contributed by atoms with Crippen LogP contribution in [0.1, 0.15) is 56.2 Å². The third-order valence-corrected chi connectivity index (χ3v) is 7.36. The highest BCUT2D eigenvalue weighted by molar-refractivity contribution is 5.83. The Kier molecular flexibility index (Phi) is 9.87. The Labute approximate surface area is 234 Å². The van der Waals surface area contributed by atoms with E-state index in [1.807, 2.05) is 12.1 Å². The van der Waals surface area contributed by atoms with Crippen LogP contribution in [0, 0.1) is 0 Å². The van der Waals surface area contributed by atoms with Crippen molar-refractivity contribution in [3.63, 3.8) is 0 Å². The smallest absolute Gasteiger partial charge is 0.220 e. The van der Waals surface area contributed by atoms with Crippen LogP contribution < -0.4 is 35.6 Å². The van der Waals surface area contributed by atoms with Gasteiger partial charge in [-0.05, 0) is 67.0 Å². The summed E-state index contributed by atoms with van der Waals surface area (Å²) in [6.07, 6.45) is 4.25. The molecule has 3 N–H and O–H groups in total. The maximum Gasteiger partial charge on any atom is 0.220 e. The van der Waals surface area contributed by atoms with Gasteiger partial charge in [-0.15, -0.1) is 0 Å². The summed E-state index contributed by atoms with van der Waals surface area (Å²) in [5.41, 5.74) is 3.43. The predicted octanol–water partition coefficient (Wildman–Crippen LogP) is 3.35. The summed E-state index contributed by atoms with van der Waals surface area (Å²) in [5, 5.41) is 9.12. The molecule has 1 heterocycles. The lowest BCUT2D eigenvalue weighted by atomic mass is 9.95. The monoisotopic (exact) mass is 553 g/mol. The quantitative estimate of drug-likeness (QED) is 0.362. The lowest BCUT2D eigenvalue weighted by molar-refractivity contribution is -0.121. The normalized spacial score (nSPS) is 17.6. The predicted molar refractivity (Wildman–Crippen MR) is 152 cm³/mol. The first-order valence-corrected chi connectivity index (χ1v) is 13.8. The van der Waals surface area contributed by atoms with E-state index < -0.39 is 0 Å². The summed E-state index contributed by atoms with van der Waals surface area (Å²) in [4.78, 5) is 37.7. The number of nitrogens with one attached hydrogen (secondary N) is 3. The topological polar surface area (TPSA) is 124 Å². The molecule has 216 valence electrons. The first-order valence-electron chi connectivity index (χ1n) is 13.8. The fraction of sp³-hybridized carbons (Fsp3) is 0.500. The van der Waals surface area contributed by atoms with Crippen LogP contribution in [-0.4, -0.2) is 58.9 Å². The maximum absolute atomic E-state index is 13.4. The van der Waals surface area contributed by atoms with E-state index in [2.05, 4.69) is 16.0 Å². The van der Waals surface area contributed by atoms with Crippen molar-refractivity contribution in [2.24, 2.45) is 0 Å². The van der Waals surface area contributed by atoms with Crippen LogP contribution in [0.5, 0.6) is 17.2 Å². The van der Waals surface area contributed by atoms with Gasteiger partial charge in [-0.2, -0.15) is 0 Å². The summed E-state index contributed by atoms with van der Waals surface area (Å²) >= 11 is 0. The minimum atomic E-state index is -0.373. The fourth-order valence-electron chi connectivity index (χ4n) is 5.45. The van der Waals surface area contributed by atoms with Crippen molar-refractivity contribution >= 4 is 17.5 Å². The van der Waals surface area contributed by atoms with Crippen LogP contribution >= 0.6 is 0 Å². The van der Waals surface area contributed by atoms with Gasteiger partial charge in [-0.1, -0.05) is 6.07 Å². The van der Waals surface area contributed by atoms with Crippen LogP contribution in [0.3, 0.4) is 0 Å². The summed E-state index contributed by atoms with van der Waals surface area (Å²) in [7, 11) is 4.69. The number of rotatable bonds is 11. The number of benzene rings is 1. The molecule has 1 fully saturated rings. The zero-order valence-electron chi connectivity index (χ0n) is 23.7. The molecule has 2 amide bonds. The summed E-state index contributed by atoms with van der Waals surface area (Å²) in [5.74, 6) is 1.29. The van der Waals surface area contributed by atoms with Crippen LogP contribution in [0.15, 0.2) is 29.1 Å². The number of carbonyl (C=O) groups excluding carboxylic acids is 2. The largest absolute Gasteiger partial charge is 0.493 e. The molecule has 0 aromatic heterocycles. The highest BCUT2D eigenvalue weighted by atomic mass is 16.5. The molecule has 40 heavy (non-hydrogen) atoms. The molecule has 0 saturated carbocycles. The summed E-state index contributed by atoms with van der Waals surface area (Å²) < 4.78 is 22.6. The van der Waals surface area contributed by atoms with Gasteiger partial charge in [0.15, 0.2) is 11.5 Å². The third kappa shape index (κ3) is 6.67. The molecular weight excluding hydrogens is 514 g/mol. The van der Waals surface area contributed by atoms with Crippen LogP contribution in [0.4, 0.5) is 5.69 Å². The number of carbonyl (C=O) groups is 2. The Balaban J connectivity index is 1.60. The lowest BCUT2D eigenvalue weighted by Crippen LogP contribution is -2.31. The first kappa shape index (κ1) is 29.2. The van der Waals surface area contributed by atoms with Gasteiger partial charge in [-0.3, -0.25) is 14.4 Å². The van der Waals surface area contributed by atoms with Gasteiger partial charge < -0.3 is 34.9 Å². The Morgan fingerprint density at radius 2 is 1.85 bits per heavy atom. The molecule has 2 atom stereocenters. The van der Waals surface area contributed by atoms with E-state index >= 15 is 0 Å². The lowest BCUT2D eigenvalue weighted by Gasteiger charge is -2.19. The number of hydrogen-bond donors (Lipinski definition) is 3. The van der Waals surface area contributed by atoms with Crippen molar-refractivity contribution < 1.29 is 28.5 Å². The highest BCUT2D eigenvalue weighted by Gasteiger charge is 2.29. The average Bonchev–Trinajstić information content (AvgIpc) is 3.36. The third-order valence-electron chi connectivity index (χ3n) is 7.36. The summed E-state index contributed by atoms with van der Waals surface area (Å²) in [6, 6.07) is 6.75. The van der Waals surface area contributed by atoms with E-state index in [1.165, 1.54) is 6.92 Å². The van der Waals surface area contributed by atoms with E-state index in [-0.39, 0.29) is 29.4 Å². The van der Waals surface area contributed by atoms with Gasteiger partial charge in [0.25, 0.3) is 0 Å². The molecule has 2 aliphatic rings. The number of ether oxygens (including phenoxy) is 4. The van der Waals surface area contributed by atoms with Crippen molar-refractivity contribution in [1.29, 1.82) is 0 Å². The molecular formula is C30H39N3O7. The number of aryl methyl sites for hydroxylation is 1. The van der Waals surface area contributed by atoms with Gasteiger partial charge in [-0.25, -0.2) is 0 Å². The summed E-state index contributed by atoms with van der Waals surface area (Å²) in [6.45, 7) is 3.21. The molecule has 0 unspecified atom stereocenters. The minimum Gasteiger partial charge on any atom is -0.493 e. The van der Waals surface area contributed by atoms with Crippen LogP contribution in [0.2, 0.25) is 0 Å². The number of anilines is 1. The zero-order valence-corrected chi connectivity index (χ0v) is 23.7. The van der Waals surface area contributed by atoms with Crippen molar-refractivity contribution in [2.45, 2.75) is 57.6 Å². The van der Waals surface area contributed by atoms with Crippen molar-refractivity contribution in [3.8, 4) is 28.4 Å². The second-order valence-electron chi connectivity index (χ2n) is 10.1. The average molecular weight is 554 g/mol. The molecule has 1 aliphatic carbocycles. The van der Waals surface area contributed by atoms with Gasteiger partial charge in [0.2, 0.25) is 23.0 Å². The molecule has 2 aromatic rings. The second-order valence-corrected chi connectivity index (χ2v) is 10.1. The van der Waals surface area contributed by atoms with Crippen molar-refractivity contribution in [2.75, 3.05) is 46.3 Å². The SMILES string of the molecule is COc1cc2c(c(OC)c1OC)-c1ccc(NCCCC(=O)NC[C@@H]3CCCO3)c(=O)cc1[C@H](NC(C)=O)CC2. The zero-order chi connectivity index (χ0) is 28.6. The van der Waals surface area contributed by atoms with E-state index in [0.717, 1.165) is 36.1 Å². The van der Waals surface area contributed by atoms with Gasteiger partial charge in [0, 0.05) is 38.6 Å². The van der Waals surface area contributed by atoms with Gasteiger partial charge in [0.1, 0.15) is 0 Å². The highest BCUT2D eigenvalue weighted by Crippen LogP contribution is 2.50. The molecule has 10 nitrogen and oxygen atoms in total. The van der Waals surface area contributed by atoms with Gasteiger partial charge >= 0.3 is 0 Å². The van der Waals surface area contributed by atoms with E-state index in [1.54, 1.807) is 33.5 Å². The van der Waals surface area contributed by atoms with E-state index in [0.29, 0.717) is 67.3 Å². The second kappa shape index (κ2) is 13.5. The minimum absolute atomic E-state index is 0.0313. The van der Waals surface area contributed by atoms with Crippen LogP contribution in [0.25, 0.3) is 11.1 Å². The molecule has 0 bridgehead atoms. The molecule has 0 spiro atoms. The number of fused-ring (bicyclic) bond motifs is 3. The Morgan fingerprint density at radius 1 is 1.05 bits per heavy atom. The van der Waals surface area contributed by atoms with E-state index in [9.17, 15) is 14.4 Å². The van der Waals surface area contributed by atoms with Crippen molar-refractivity contribution in [1.82, 2.24) is 10.6 Å². The molecule has 0 radical (unpaired) electrons. The van der Waals surface area contributed by atoms with E-state index in [4.69, 9.17) is 18.9 Å². The molecule has 4 rings (SSSR count). The van der Waals surface area contributed by atoms with Crippen molar-refractivity contribution in [3.05, 3.63) is 45.6 Å². The molecule has 1 saturated heterocycles. The van der Waals surface area contributed by atoms with Crippen LogP contribution in [-0.2, 0) is 20.7 Å². The molecule has 2 aromatic carbocycles. The number of amides is 2. The Morgan fingerprint density at radius 3 is 2.52 bits per heavy atom. The molecule has 1 aliphatic heterocycles. The maximum atomic E-state index is 13.4. The standard InChI is InChI=1S/C30H39N3O7/c1-18(34)33-23-11-9-19-15-26(37-2)29(38-3)30(39-4)28(19)21-10-12-24(25(35)16-22(21)23)31-13-5-8-27(36)32-17-20-7-6-14-40-20/h10,12,15-16,20,23H,5-9,11,13-14,17H2,1-4H3,(H,31,35)(H,32,36)(H,33,34)/t20-,23+/m0/s1. The first-order chi connectivity index (χ1) is 19.4. The Hall–Kier alpha value is -3.79. The fourth-order valence-corrected chi connectivity index (χ4v) is 5.45. The number of methoxy groups -OCH3 is 3. The number of hydrogen-bond acceptors (Lipinski definition) is 8. The van der Waals surface area contributed by atoms with Gasteiger partial charge in [0.05, 0.1) is 39.2 Å². The Bertz CT molecular complexity index is 1290.